The van der Waals surface area contributed by atoms with E-state index >= 15 is 0 Å². The number of hydrogen-bond acceptors (Lipinski definition) is 12. The van der Waals surface area contributed by atoms with E-state index in [0.29, 0.717) is 17.5 Å². The summed E-state index contributed by atoms with van der Waals surface area (Å²) in [5.74, 6) is -6.97. The molecule has 2 aromatic rings. The maximum absolute atomic E-state index is 14.1. The number of aliphatic imine (C=N–C) groups is 1. The Labute approximate surface area is 376 Å². The predicted octanol–water partition coefficient (Wildman–Crippen LogP) is -2.64. The minimum absolute atomic E-state index is 0.00525. The van der Waals surface area contributed by atoms with Crippen LogP contribution in [0.3, 0.4) is 0 Å². The number of phenols is 1. The van der Waals surface area contributed by atoms with Crippen LogP contribution < -0.4 is 49.5 Å². The molecule has 0 aliphatic carbocycles. The number of likely N-dealkylation sites (tertiary alicyclic amines) is 1. The van der Waals surface area contributed by atoms with Gasteiger partial charge in [-0.25, -0.2) is 0 Å². The van der Waals surface area contributed by atoms with Crippen LogP contribution in [0.2, 0.25) is 0 Å². The summed E-state index contributed by atoms with van der Waals surface area (Å²) in [6.45, 7) is 2.96. The molecule has 65 heavy (non-hydrogen) atoms. The smallest absolute Gasteiger partial charge is 0.303 e. The molecule has 2 aromatic carbocycles. The lowest BCUT2D eigenvalue weighted by Crippen LogP contribution is -2.60. The van der Waals surface area contributed by atoms with Crippen LogP contribution in [0.4, 0.5) is 0 Å². The van der Waals surface area contributed by atoms with Crippen LogP contribution in [0.15, 0.2) is 59.6 Å². The van der Waals surface area contributed by atoms with E-state index < -0.39 is 103 Å². The van der Waals surface area contributed by atoms with Crippen LogP contribution in [0.1, 0.15) is 69.9 Å². The molecule has 7 amide bonds. The number of nitrogens with zero attached hydrogens (tertiary/aromatic N) is 2. The highest BCUT2D eigenvalue weighted by Crippen LogP contribution is 2.20. The lowest BCUT2D eigenvalue weighted by molar-refractivity contribution is -0.143. The van der Waals surface area contributed by atoms with Crippen molar-refractivity contribution in [3.8, 4) is 5.75 Å². The van der Waals surface area contributed by atoms with Gasteiger partial charge in [-0.2, -0.15) is 0 Å². The van der Waals surface area contributed by atoms with Gasteiger partial charge in [0.25, 0.3) is 0 Å². The summed E-state index contributed by atoms with van der Waals surface area (Å²) in [7, 11) is 0. The second-order valence-corrected chi connectivity index (χ2v) is 16.3. The molecule has 0 unspecified atom stereocenters. The molecule has 0 radical (unpaired) electrons. The average molecular weight is 910 g/mol. The molecular weight excluding hydrogens is 847 g/mol. The number of carbonyl (C=O) groups excluding carboxylic acids is 7. The molecule has 22 heteroatoms. The van der Waals surface area contributed by atoms with Crippen molar-refractivity contribution in [3.63, 3.8) is 0 Å². The number of hydrogen-bond donors (Lipinski definition) is 12. The zero-order valence-corrected chi connectivity index (χ0v) is 36.6. The minimum atomic E-state index is -1.60. The number of guanidine groups is 1. The monoisotopic (exact) mass is 909 g/mol. The number of primary amides is 1. The van der Waals surface area contributed by atoms with Gasteiger partial charge in [-0.3, -0.25) is 43.3 Å². The Morgan fingerprint density at radius 3 is 1.85 bits per heavy atom. The number of aliphatic hydroxyl groups is 1. The molecule has 22 nitrogen and oxygen atoms in total. The number of carboxylic acid groups (broad SMARTS) is 1. The van der Waals surface area contributed by atoms with Crippen molar-refractivity contribution in [1.82, 2.24) is 31.5 Å². The van der Waals surface area contributed by atoms with E-state index in [4.69, 9.17) is 28.0 Å². The van der Waals surface area contributed by atoms with Crippen LogP contribution in [-0.2, 0) is 51.2 Å². The molecule has 0 spiro atoms. The summed E-state index contributed by atoms with van der Waals surface area (Å²) in [5.41, 5.74) is 23.4. The number of carboxylic acids is 1. The van der Waals surface area contributed by atoms with Crippen molar-refractivity contribution in [2.45, 2.75) is 114 Å². The molecule has 1 aliphatic rings. The predicted molar refractivity (Wildman–Crippen MR) is 237 cm³/mol. The number of nitrogens with one attached hydrogen (secondary N) is 5. The minimum Gasteiger partial charge on any atom is -0.508 e. The molecule has 0 bridgehead atoms. The second kappa shape index (κ2) is 26.1. The normalized spacial score (nSPS) is 16.1. The van der Waals surface area contributed by atoms with Gasteiger partial charge in [-0.05, 0) is 67.7 Å². The van der Waals surface area contributed by atoms with E-state index in [1.165, 1.54) is 29.2 Å². The summed E-state index contributed by atoms with van der Waals surface area (Å²) < 4.78 is 0. The number of nitrogens with two attached hydrogens (primary N) is 4. The first kappa shape index (κ1) is 52.5. The second-order valence-electron chi connectivity index (χ2n) is 16.3. The SMILES string of the molecule is CC(C)C[C@H](NC(=O)[C@H](CCCN=C(N)N)NC(=O)[C@@H]1CCCN1C(=O)[C@H](CO)NC(=O)[C@H](Cc1ccccc1)NC(=O)[C@H](Cc1ccc(O)cc1)NC(=O)[C@@H](N)CCC(=O)O)C(N)=O. The first-order chi connectivity index (χ1) is 30.8. The molecule has 1 saturated heterocycles. The van der Waals surface area contributed by atoms with E-state index in [1.807, 2.05) is 13.8 Å². The van der Waals surface area contributed by atoms with Crippen molar-refractivity contribution < 1.29 is 53.7 Å². The molecule has 0 saturated carbocycles. The summed E-state index contributed by atoms with van der Waals surface area (Å²) in [4.78, 5) is 111. The van der Waals surface area contributed by atoms with Crippen molar-refractivity contribution in [3.05, 3.63) is 65.7 Å². The van der Waals surface area contributed by atoms with Crippen molar-refractivity contribution in [2.75, 3.05) is 19.7 Å². The van der Waals surface area contributed by atoms with Crippen LogP contribution in [0.5, 0.6) is 5.75 Å². The van der Waals surface area contributed by atoms with Crippen molar-refractivity contribution in [1.29, 1.82) is 0 Å². The highest BCUT2D eigenvalue weighted by atomic mass is 16.4. The van der Waals surface area contributed by atoms with Crippen LogP contribution >= 0.6 is 0 Å². The van der Waals surface area contributed by atoms with Crippen LogP contribution in [0, 0.1) is 5.92 Å². The number of aliphatic hydroxyl groups excluding tert-OH is 1. The van der Waals surface area contributed by atoms with Gasteiger partial charge in [0, 0.05) is 32.4 Å². The topological polar surface area (TPSA) is 377 Å². The van der Waals surface area contributed by atoms with E-state index in [1.54, 1.807) is 30.3 Å². The number of carbonyl (C=O) groups is 8. The van der Waals surface area contributed by atoms with E-state index in [9.17, 15) is 48.6 Å². The third-order valence-corrected chi connectivity index (χ3v) is 10.5. The molecule has 0 aromatic heterocycles. The Morgan fingerprint density at radius 2 is 1.29 bits per heavy atom. The Hall–Kier alpha value is -6.81. The van der Waals surface area contributed by atoms with E-state index in [2.05, 4.69) is 31.6 Å². The number of aromatic hydroxyl groups is 1. The highest BCUT2D eigenvalue weighted by Gasteiger charge is 2.40. The fraction of sp³-hybridized carbons (Fsp3) is 0.512. The summed E-state index contributed by atoms with van der Waals surface area (Å²) in [6, 6.07) is 5.32. The fourth-order valence-electron chi connectivity index (χ4n) is 7.09. The Kier molecular flexibility index (Phi) is 21.1. The standard InChI is InChI=1S/C43H63N11O11/c1-24(2)20-30(36(45)59)50-38(61)29(10-6-18-48-43(46)47)49-41(64)34-11-7-19-54(34)42(65)33(23-55)53-40(63)32(21-25-8-4-3-5-9-25)52-39(62)31(22-26-12-14-27(56)15-13-26)51-37(60)28(44)16-17-35(57)58/h3-5,8-9,12-15,24,28-34,55-56H,6-7,10-11,16-23,44H2,1-2H3,(H2,45,59)(H,49,64)(H,50,61)(H,51,60)(H,52,62)(H,53,63)(H,57,58)(H4,46,47,48)/t28-,29-,30-,31-,32-,33-,34-/m0/s1. The number of amides is 7. The quantitative estimate of drug-likeness (QED) is 0.0261. The molecule has 16 N–H and O–H groups in total. The lowest BCUT2D eigenvalue weighted by atomic mass is 10.0. The lowest BCUT2D eigenvalue weighted by Gasteiger charge is -2.30. The van der Waals surface area contributed by atoms with E-state index in [-0.39, 0.29) is 75.7 Å². The zero-order chi connectivity index (χ0) is 48.2. The van der Waals surface area contributed by atoms with E-state index in [0.717, 1.165) is 0 Å². The Balaban J connectivity index is 1.84. The molecule has 1 aliphatic heterocycles. The maximum Gasteiger partial charge on any atom is 0.303 e. The average Bonchev–Trinajstić information content (AvgIpc) is 3.76. The van der Waals surface area contributed by atoms with Crippen LogP contribution in [-0.4, -0.2) is 135 Å². The third kappa shape index (κ3) is 17.7. The van der Waals surface area contributed by atoms with Crippen molar-refractivity contribution in [2.24, 2.45) is 33.8 Å². The molecule has 3 rings (SSSR count). The molecule has 7 atom stereocenters. The molecule has 1 fully saturated rings. The maximum atomic E-state index is 14.1. The van der Waals surface area contributed by atoms with Gasteiger partial charge in [-0.1, -0.05) is 56.3 Å². The van der Waals surface area contributed by atoms with Gasteiger partial charge >= 0.3 is 5.97 Å². The first-order valence-electron chi connectivity index (χ1n) is 21.4. The van der Waals surface area contributed by atoms with Gasteiger partial charge in [0.15, 0.2) is 5.96 Å². The van der Waals surface area contributed by atoms with Crippen LogP contribution in [0.25, 0.3) is 0 Å². The Bertz CT molecular complexity index is 1980. The van der Waals surface area contributed by atoms with Crippen molar-refractivity contribution >= 4 is 53.3 Å². The number of phenolic OH excluding ortho intramolecular Hbond substituents is 1. The first-order valence-corrected chi connectivity index (χ1v) is 21.4. The van der Waals surface area contributed by atoms with Gasteiger partial charge in [0.05, 0.1) is 12.6 Å². The summed E-state index contributed by atoms with van der Waals surface area (Å²) in [6.07, 6.45) is 0.178. The molecule has 356 valence electrons. The number of rotatable bonds is 26. The summed E-state index contributed by atoms with van der Waals surface area (Å²) in [5, 5.41) is 42.3. The highest BCUT2D eigenvalue weighted by molar-refractivity contribution is 5.97. The zero-order valence-electron chi connectivity index (χ0n) is 36.6. The molecular formula is C43H63N11O11. The number of benzene rings is 2. The number of aliphatic carboxylic acids is 1. The molecule has 1 heterocycles. The largest absolute Gasteiger partial charge is 0.508 e. The summed E-state index contributed by atoms with van der Waals surface area (Å²) >= 11 is 0. The van der Waals surface area contributed by atoms with Gasteiger partial charge < -0.3 is 69.7 Å². The third-order valence-electron chi connectivity index (χ3n) is 10.5. The Morgan fingerprint density at radius 1 is 0.738 bits per heavy atom. The van der Waals surface area contributed by atoms with Gasteiger partial charge in [-0.15, -0.1) is 0 Å². The van der Waals surface area contributed by atoms with Gasteiger partial charge in [0.2, 0.25) is 41.4 Å². The van der Waals surface area contributed by atoms with Gasteiger partial charge in [0.1, 0.15) is 42.0 Å². The fourth-order valence-corrected chi connectivity index (χ4v) is 7.09.